The molecule has 1 aliphatic heterocycles. The van der Waals surface area contributed by atoms with E-state index in [1.807, 2.05) is 66.7 Å². The molecule has 4 aromatic rings. The van der Waals surface area contributed by atoms with Crippen LogP contribution in [0.25, 0.3) is 10.1 Å². The number of hydrogen-bond donors (Lipinski definition) is 2. The maximum Gasteiger partial charge on any atom is 0.414 e. The summed E-state index contributed by atoms with van der Waals surface area (Å²) in [5.41, 5.74) is -0.314. The number of piperazine rings is 1. The number of nitrogens with one attached hydrogen (secondary N) is 2. The molecule has 2 fully saturated rings. The van der Waals surface area contributed by atoms with Crippen LogP contribution in [0, 0.1) is 0 Å². The van der Waals surface area contributed by atoms with Gasteiger partial charge in [-0.05, 0) is 54.5 Å². The fourth-order valence-electron chi connectivity index (χ4n) is 6.41. The summed E-state index contributed by atoms with van der Waals surface area (Å²) in [5.74, 6) is 0.347. The van der Waals surface area contributed by atoms with Crippen LogP contribution in [0.1, 0.15) is 37.7 Å². The maximum atomic E-state index is 14.3. The van der Waals surface area contributed by atoms with Crippen LogP contribution in [0.4, 0.5) is 15.4 Å². The van der Waals surface area contributed by atoms with Crippen LogP contribution >= 0.6 is 27.3 Å². The molecular formula is C36H39BrN6O5S. The molecule has 256 valence electrons. The van der Waals surface area contributed by atoms with Gasteiger partial charge in [0.2, 0.25) is 5.91 Å². The highest BCUT2D eigenvalue weighted by Gasteiger charge is 2.47. The molecule has 3 heterocycles. The Labute approximate surface area is 297 Å². The van der Waals surface area contributed by atoms with Gasteiger partial charge in [0, 0.05) is 67.1 Å². The lowest BCUT2D eigenvalue weighted by molar-refractivity contribution is -0.135. The number of anilines is 1. The van der Waals surface area contributed by atoms with Crippen molar-refractivity contribution >= 4 is 67.1 Å². The fraction of sp³-hybridized carbons (Fsp3) is 0.361. The number of rotatable bonds is 10. The zero-order valence-corrected chi connectivity index (χ0v) is 29.5. The largest absolute Gasteiger partial charge is 0.414 e. The van der Waals surface area contributed by atoms with E-state index in [0.29, 0.717) is 50.5 Å². The van der Waals surface area contributed by atoms with E-state index in [-0.39, 0.29) is 25.4 Å². The van der Waals surface area contributed by atoms with Crippen molar-refractivity contribution < 1.29 is 23.9 Å². The molecule has 2 aromatic heterocycles. The van der Waals surface area contributed by atoms with E-state index in [0.717, 1.165) is 38.8 Å². The molecule has 6 rings (SSSR count). The molecule has 0 unspecified atom stereocenters. The Bertz CT molecular complexity index is 1770. The molecule has 11 nitrogen and oxygen atoms in total. The number of imide groups is 1. The van der Waals surface area contributed by atoms with Gasteiger partial charge in [-0.15, -0.1) is 0 Å². The van der Waals surface area contributed by atoms with Gasteiger partial charge in [0.15, 0.2) is 5.06 Å². The molecule has 1 saturated heterocycles. The Morgan fingerprint density at radius 2 is 1.69 bits per heavy atom. The average Bonchev–Trinajstić information content (AvgIpc) is 3.76. The lowest BCUT2D eigenvalue weighted by Gasteiger charge is -2.35. The summed E-state index contributed by atoms with van der Waals surface area (Å²) in [6, 6.07) is 22.4. The number of amides is 5. The third kappa shape index (κ3) is 8.57. The van der Waals surface area contributed by atoms with Gasteiger partial charge < -0.3 is 25.2 Å². The Balaban J connectivity index is 1.08. The normalized spacial score (nSPS) is 15.5. The first-order valence-corrected chi connectivity index (χ1v) is 18.2. The monoisotopic (exact) mass is 746 g/mol. The van der Waals surface area contributed by atoms with Crippen molar-refractivity contribution in [2.24, 2.45) is 0 Å². The third-order valence-corrected chi connectivity index (χ3v) is 10.5. The van der Waals surface area contributed by atoms with Gasteiger partial charge in [-0.25, -0.2) is 14.6 Å². The van der Waals surface area contributed by atoms with Gasteiger partial charge in [0.1, 0.15) is 11.4 Å². The zero-order chi connectivity index (χ0) is 34.2. The van der Waals surface area contributed by atoms with Crippen molar-refractivity contribution in [2.45, 2.75) is 44.1 Å². The van der Waals surface area contributed by atoms with E-state index in [9.17, 15) is 19.2 Å². The number of urea groups is 1. The van der Waals surface area contributed by atoms with Crippen molar-refractivity contribution in [3.8, 4) is 5.06 Å². The van der Waals surface area contributed by atoms with E-state index in [1.54, 1.807) is 17.2 Å². The van der Waals surface area contributed by atoms with Gasteiger partial charge >= 0.3 is 12.1 Å². The van der Waals surface area contributed by atoms with E-state index < -0.39 is 23.6 Å². The highest BCUT2D eigenvalue weighted by Crippen LogP contribution is 2.35. The molecule has 13 heteroatoms. The molecule has 2 N–H and O–H groups in total. The van der Waals surface area contributed by atoms with Crippen LogP contribution in [0.5, 0.6) is 5.06 Å². The number of halogens is 1. The fourth-order valence-corrected chi connectivity index (χ4v) is 7.87. The van der Waals surface area contributed by atoms with Gasteiger partial charge in [-0.1, -0.05) is 82.6 Å². The van der Waals surface area contributed by atoms with Crippen molar-refractivity contribution in [3.63, 3.8) is 0 Å². The predicted octanol–water partition coefficient (Wildman–Crippen LogP) is 5.98. The first-order valence-electron chi connectivity index (χ1n) is 16.6. The SMILES string of the molecule is O=C(NC1(C(=O)N(CCc2ccccc2)C(=O)NCCC(=O)N2CCN(c3ccccn3)CC2)CCCC1)Oc1cc2ccc(Br)cc2s1. The Kier molecular flexibility index (Phi) is 11.1. The summed E-state index contributed by atoms with van der Waals surface area (Å²) in [6.07, 6.45) is 3.79. The smallest absolute Gasteiger partial charge is 0.399 e. The Morgan fingerprint density at radius 1 is 0.939 bits per heavy atom. The lowest BCUT2D eigenvalue weighted by atomic mass is 9.95. The van der Waals surface area contributed by atoms with Crippen LogP contribution in [-0.4, -0.2) is 83.5 Å². The molecule has 49 heavy (non-hydrogen) atoms. The second kappa shape index (κ2) is 15.8. The van der Waals surface area contributed by atoms with Crippen molar-refractivity contribution in [2.75, 3.05) is 44.2 Å². The van der Waals surface area contributed by atoms with E-state index in [4.69, 9.17) is 4.74 Å². The number of benzene rings is 2. The summed E-state index contributed by atoms with van der Waals surface area (Å²) in [4.78, 5) is 63.8. The first-order chi connectivity index (χ1) is 23.8. The minimum atomic E-state index is -1.28. The molecule has 0 atom stereocenters. The molecule has 1 saturated carbocycles. The summed E-state index contributed by atoms with van der Waals surface area (Å²) in [7, 11) is 0. The van der Waals surface area contributed by atoms with Gasteiger partial charge in [-0.3, -0.25) is 14.5 Å². The molecule has 0 radical (unpaired) electrons. The summed E-state index contributed by atoms with van der Waals surface area (Å²) >= 11 is 4.80. The molecule has 2 aliphatic rings. The standard InChI is InChI=1S/C36H39BrN6O5S/c37-28-12-11-27-24-32(49-29(27)25-28)48-35(47)40-36(15-5-6-16-36)33(45)43(19-14-26-8-2-1-3-9-26)34(46)39-18-13-31(44)42-22-20-41(21-23-42)30-10-4-7-17-38-30/h1-4,7-12,17,24-25H,5-6,13-16,18-23H2,(H,39,46)(H,40,47). The minimum Gasteiger partial charge on any atom is -0.399 e. The van der Waals surface area contributed by atoms with Crippen LogP contribution < -0.4 is 20.3 Å². The summed E-state index contributed by atoms with van der Waals surface area (Å²) < 4.78 is 7.54. The van der Waals surface area contributed by atoms with Crippen LogP contribution in [0.15, 0.2) is 83.5 Å². The lowest BCUT2D eigenvalue weighted by Crippen LogP contribution is -2.61. The van der Waals surface area contributed by atoms with Gasteiger partial charge in [0.25, 0.3) is 5.91 Å². The van der Waals surface area contributed by atoms with Crippen LogP contribution in [-0.2, 0) is 16.0 Å². The highest BCUT2D eigenvalue weighted by molar-refractivity contribution is 9.10. The van der Waals surface area contributed by atoms with Crippen molar-refractivity contribution in [3.05, 3.63) is 89.0 Å². The van der Waals surface area contributed by atoms with Crippen molar-refractivity contribution in [1.29, 1.82) is 0 Å². The summed E-state index contributed by atoms with van der Waals surface area (Å²) in [6.45, 7) is 2.67. The number of fused-ring (bicyclic) bond motifs is 1. The number of pyridine rings is 1. The van der Waals surface area contributed by atoms with E-state index >= 15 is 0 Å². The molecule has 0 bridgehead atoms. The molecule has 1 aliphatic carbocycles. The van der Waals surface area contributed by atoms with E-state index in [1.165, 1.54) is 16.2 Å². The second-order valence-corrected chi connectivity index (χ2v) is 14.2. The van der Waals surface area contributed by atoms with Gasteiger partial charge in [-0.2, -0.15) is 0 Å². The molecular weight excluding hydrogens is 708 g/mol. The van der Waals surface area contributed by atoms with Crippen molar-refractivity contribution in [1.82, 2.24) is 25.4 Å². The number of thiophene rings is 1. The quantitative estimate of drug-likeness (QED) is 0.205. The minimum absolute atomic E-state index is 0.0617. The Morgan fingerprint density at radius 3 is 2.43 bits per heavy atom. The zero-order valence-electron chi connectivity index (χ0n) is 27.1. The number of ether oxygens (including phenoxy) is 1. The van der Waals surface area contributed by atoms with Gasteiger partial charge in [0.05, 0.1) is 0 Å². The second-order valence-electron chi connectivity index (χ2n) is 12.3. The van der Waals surface area contributed by atoms with E-state index in [2.05, 4.69) is 36.4 Å². The average molecular weight is 748 g/mol. The topological polar surface area (TPSA) is 124 Å². The number of carbonyl (C=O) groups is 4. The highest BCUT2D eigenvalue weighted by atomic mass is 79.9. The van der Waals surface area contributed by atoms with Crippen LogP contribution in [0.3, 0.4) is 0 Å². The number of hydrogen-bond acceptors (Lipinski definition) is 8. The number of carbonyl (C=O) groups excluding carboxylic acids is 4. The maximum absolute atomic E-state index is 14.3. The molecule has 0 spiro atoms. The number of nitrogens with zero attached hydrogens (tertiary/aromatic N) is 4. The third-order valence-electron chi connectivity index (χ3n) is 9.04. The first kappa shape index (κ1) is 34.4. The predicted molar refractivity (Wildman–Crippen MR) is 193 cm³/mol. The molecule has 2 aromatic carbocycles. The Hall–Kier alpha value is -4.49. The van der Waals surface area contributed by atoms with Crippen LogP contribution in [0.2, 0.25) is 0 Å². The molecule has 5 amide bonds. The number of aromatic nitrogens is 1. The summed E-state index contributed by atoms with van der Waals surface area (Å²) in [5, 5.41) is 7.02.